The molecule has 0 N–H and O–H groups in total. The molecule has 3 nitrogen and oxygen atoms in total. The minimum absolute atomic E-state index is 0.248. The second-order valence-corrected chi connectivity index (χ2v) is 4.30. The van der Waals surface area contributed by atoms with Gasteiger partial charge in [0.25, 0.3) is 0 Å². The van der Waals surface area contributed by atoms with Gasteiger partial charge in [-0.1, -0.05) is 6.92 Å². The fourth-order valence-electron chi connectivity index (χ4n) is 2.61. The van der Waals surface area contributed by atoms with Gasteiger partial charge in [-0.25, -0.2) is 0 Å². The summed E-state index contributed by atoms with van der Waals surface area (Å²) in [6.07, 6.45) is 0. The van der Waals surface area contributed by atoms with E-state index in [2.05, 4.69) is 11.8 Å². The van der Waals surface area contributed by atoms with Crippen LogP contribution in [-0.2, 0) is 4.79 Å². The molecule has 3 heteroatoms. The maximum absolute atomic E-state index is 11.1. The quantitative estimate of drug-likeness (QED) is 0.586. The van der Waals surface area contributed by atoms with Crippen molar-refractivity contribution in [3.8, 4) is 0 Å². The summed E-state index contributed by atoms with van der Waals surface area (Å²) in [6, 6.07) is 0. The van der Waals surface area contributed by atoms with Gasteiger partial charge in [0.15, 0.2) is 0 Å². The van der Waals surface area contributed by atoms with Gasteiger partial charge in [0.1, 0.15) is 0 Å². The summed E-state index contributed by atoms with van der Waals surface area (Å²) < 4.78 is 0. The predicted octanol–water partition coefficient (Wildman–Crippen LogP) is 0.416. The lowest BCUT2D eigenvalue weighted by molar-refractivity contribution is -0.128. The Balaban J connectivity index is 1.93. The molecule has 2 aliphatic heterocycles. The Morgan fingerprint density at radius 3 is 2.15 bits per heavy atom. The normalized spacial score (nSPS) is 33.8. The predicted molar refractivity (Wildman–Crippen MR) is 51.3 cm³/mol. The van der Waals surface area contributed by atoms with Crippen LogP contribution in [0.1, 0.15) is 13.8 Å². The average molecular weight is 182 g/mol. The van der Waals surface area contributed by atoms with Gasteiger partial charge in [-0.2, -0.15) is 0 Å². The SMILES string of the molecule is CCN1C[C@@H]2CN(C(C)=O)C[C@@H]2C1. The minimum Gasteiger partial charge on any atom is -0.342 e. The number of nitrogens with zero attached hydrogens (tertiary/aromatic N) is 2. The van der Waals surface area contributed by atoms with Gasteiger partial charge in [0.05, 0.1) is 0 Å². The average Bonchev–Trinajstić information content (AvgIpc) is 2.58. The number of likely N-dealkylation sites (tertiary alicyclic amines) is 2. The lowest BCUT2D eigenvalue weighted by Gasteiger charge is -2.18. The van der Waals surface area contributed by atoms with Crippen molar-refractivity contribution in [1.29, 1.82) is 0 Å². The molecule has 2 saturated heterocycles. The van der Waals surface area contributed by atoms with Crippen molar-refractivity contribution in [1.82, 2.24) is 9.80 Å². The molecule has 74 valence electrons. The number of fused-ring (bicyclic) bond motifs is 1. The van der Waals surface area contributed by atoms with Gasteiger partial charge in [-0.15, -0.1) is 0 Å². The molecule has 0 bridgehead atoms. The van der Waals surface area contributed by atoms with Crippen LogP contribution < -0.4 is 0 Å². The molecule has 0 aromatic carbocycles. The molecule has 2 rings (SSSR count). The third-order valence-electron chi connectivity index (χ3n) is 3.45. The van der Waals surface area contributed by atoms with E-state index in [1.54, 1.807) is 6.92 Å². The zero-order valence-electron chi connectivity index (χ0n) is 8.49. The molecular weight excluding hydrogens is 164 g/mol. The van der Waals surface area contributed by atoms with E-state index >= 15 is 0 Å². The Kier molecular flexibility index (Phi) is 2.28. The third kappa shape index (κ3) is 1.57. The molecule has 0 aromatic rings. The van der Waals surface area contributed by atoms with Gasteiger partial charge in [-0.05, 0) is 18.4 Å². The molecule has 2 fully saturated rings. The van der Waals surface area contributed by atoms with Crippen LogP contribution in [0, 0.1) is 11.8 Å². The van der Waals surface area contributed by atoms with Crippen molar-refractivity contribution in [3.63, 3.8) is 0 Å². The Hall–Kier alpha value is -0.570. The molecule has 0 unspecified atom stereocenters. The van der Waals surface area contributed by atoms with E-state index in [1.165, 1.54) is 13.1 Å². The van der Waals surface area contributed by atoms with Crippen LogP contribution in [0.15, 0.2) is 0 Å². The highest BCUT2D eigenvalue weighted by Gasteiger charge is 2.39. The lowest BCUT2D eigenvalue weighted by Crippen LogP contribution is -2.31. The highest BCUT2D eigenvalue weighted by atomic mass is 16.2. The second-order valence-electron chi connectivity index (χ2n) is 4.30. The Labute approximate surface area is 79.7 Å². The molecule has 1 amide bonds. The molecule has 0 saturated carbocycles. The standard InChI is InChI=1S/C10H18N2O/c1-3-11-4-9-6-12(8(2)13)7-10(9)5-11/h9-10H,3-7H2,1-2H3/t9-,10+. The van der Waals surface area contributed by atoms with Crippen LogP contribution >= 0.6 is 0 Å². The van der Waals surface area contributed by atoms with Crippen LogP contribution in [0.3, 0.4) is 0 Å². The number of hydrogen-bond donors (Lipinski definition) is 0. The maximum Gasteiger partial charge on any atom is 0.219 e. The summed E-state index contributed by atoms with van der Waals surface area (Å²) >= 11 is 0. The zero-order chi connectivity index (χ0) is 9.42. The van der Waals surface area contributed by atoms with Gasteiger partial charge in [0.2, 0.25) is 5.91 Å². The fraction of sp³-hybridized carbons (Fsp3) is 0.900. The van der Waals surface area contributed by atoms with E-state index in [4.69, 9.17) is 0 Å². The van der Waals surface area contributed by atoms with E-state index in [9.17, 15) is 4.79 Å². The van der Waals surface area contributed by atoms with Crippen molar-refractivity contribution in [2.75, 3.05) is 32.7 Å². The first-order valence-corrected chi connectivity index (χ1v) is 5.18. The van der Waals surface area contributed by atoms with Crippen LogP contribution in [-0.4, -0.2) is 48.4 Å². The minimum atomic E-state index is 0.248. The number of carbonyl (C=O) groups excluding carboxylic acids is 1. The largest absolute Gasteiger partial charge is 0.342 e. The molecule has 2 aliphatic rings. The van der Waals surface area contributed by atoms with E-state index in [1.807, 2.05) is 4.90 Å². The van der Waals surface area contributed by atoms with Crippen molar-refractivity contribution in [3.05, 3.63) is 0 Å². The first-order valence-electron chi connectivity index (χ1n) is 5.18. The first kappa shape index (κ1) is 9.00. The number of hydrogen-bond acceptors (Lipinski definition) is 2. The van der Waals surface area contributed by atoms with Crippen LogP contribution in [0.2, 0.25) is 0 Å². The van der Waals surface area contributed by atoms with Crippen molar-refractivity contribution < 1.29 is 4.79 Å². The summed E-state index contributed by atoms with van der Waals surface area (Å²) in [7, 11) is 0. The second kappa shape index (κ2) is 3.29. The van der Waals surface area contributed by atoms with Crippen molar-refractivity contribution in [2.24, 2.45) is 11.8 Å². The van der Waals surface area contributed by atoms with Gasteiger partial charge < -0.3 is 9.80 Å². The van der Waals surface area contributed by atoms with E-state index in [-0.39, 0.29) is 5.91 Å². The molecular formula is C10H18N2O. The molecule has 0 spiro atoms. The highest BCUT2D eigenvalue weighted by Crippen LogP contribution is 2.30. The van der Waals surface area contributed by atoms with E-state index in [0.29, 0.717) is 0 Å². The summed E-state index contributed by atoms with van der Waals surface area (Å²) in [5.41, 5.74) is 0. The van der Waals surface area contributed by atoms with Gasteiger partial charge in [0, 0.05) is 33.1 Å². The zero-order valence-corrected chi connectivity index (χ0v) is 8.49. The van der Waals surface area contributed by atoms with Crippen LogP contribution in [0.5, 0.6) is 0 Å². The fourth-order valence-corrected chi connectivity index (χ4v) is 2.61. The number of amides is 1. The number of rotatable bonds is 1. The summed E-state index contributed by atoms with van der Waals surface area (Å²) in [4.78, 5) is 15.6. The number of carbonyl (C=O) groups is 1. The Bertz CT molecular complexity index is 203. The van der Waals surface area contributed by atoms with E-state index < -0.39 is 0 Å². The summed E-state index contributed by atoms with van der Waals surface area (Å²) in [6.45, 7) is 9.44. The Morgan fingerprint density at radius 1 is 1.23 bits per heavy atom. The Morgan fingerprint density at radius 2 is 1.77 bits per heavy atom. The van der Waals surface area contributed by atoms with Crippen LogP contribution in [0.25, 0.3) is 0 Å². The van der Waals surface area contributed by atoms with Crippen molar-refractivity contribution >= 4 is 5.91 Å². The molecule has 0 radical (unpaired) electrons. The van der Waals surface area contributed by atoms with E-state index in [0.717, 1.165) is 31.5 Å². The molecule has 2 atom stereocenters. The first-order chi connectivity index (χ1) is 6.20. The summed E-state index contributed by atoms with van der Waals surface area (Å²) in [5, 5.41) is 0. The van der Waals surface area contributed by atoms with Crippen LogP contribution in [0.4, 0.5) is 0 Å². The topological polar surface area (TPSA) is 23.6 Å². The lowest BCUT2D eigenvalue weighted by atomic mass is 10.0. The maximum atomic E-state index is 11.1. The smallest absolute Gasteiger partial charge is 0.219 e. The molecule has 2 heterocycles. The highest BCUT2D eigenvalue weighted by molar-refractivity contribution is 5.73. The monoisotopic (exact) mass is 182 g/mol. The molecule has 13 heavy (non-hydrogen) atoms. The third-order valence-corrected chi connectivity index (χ3v) is 3.45. The molecule has 0 aliphatic carbocycles. The summed E-state index contributed by atoms with van der Waals surface area (Å²) in [5.74, 6) is 1.75. The van der Waals surface area contributed by atoms with Crippen molar-refractivity contribution in [2.45, 2.75) is 13.8 Å². The van der Waals surface area contributed by atoms with Gasteiger partial charge >= 0.3 is 0 Å². The molecule has 0 aromatic heterocycles. The van der Waals surface area contributed by atoms with Gasteiger partial charge in [-0.3, -0.25) is 4.79 Å².